The van der Waals surface area contributed by atoms with Gasteiger partial charge in [-0.05, 0) is 42.5 Å². The number of amides is 1. The molecule has 1 heterocycles. The molecule has 0 bridgehead atoms. The number of carbonyl (C=O) groups is 3. The highest BCUT2D eigenvalue weighted by Crippen LogP contribution is 2.47. The largest absolute Gasteiger partial charge is 0.481 e. The number of fused-ring (bicyclic) bond motifs is 1. The van der Waals surface area contributed by atoms with Gasteiger partial charge in [0.05, 0.1) is 23.8 Å². The molecule has 5 rings (SSSR count). The molecule has 2 N–H and O–H groups in total. The molecule has 0 unspecified atom stereocenters. The number of allylic oxidation sites excluding steroid dienone is 1. The number of carboxylic acid groups (broad SMARTS) is 1. The van der Waals surface area contributed by atoms with Gasteiger partial charge in [0.1, 0.15) is 0 Å². The van der Waals surface area contributed by atoms with Crippen LogP contribution in [0.25, 0.3) is 0 Å². The molecule has 0 saturated carbocycles. The molecule has 0 spiro atoms. The average Bonchev–Trinajstić information content (AvgIpc) is 3.03. The van der Waals surface area contributed by atoms with Crippen molar-refractivity contribution in [2.75, 3.05) is 10.2 Å². The van der Waals surface area contributed by atoms with Crippen LogP contribution in [0, 0.1) is 6.92 Å². The predicted octanol–water partition coefficient (Wildman–Crippen LogP) is 5.76. The van der Waals surface area contributed by atoms with E-state index in [2.05, 4.69) is 5.32 Å². The van der Waals surface area contributed by atoms with Gasteiger partial charge >= 0.3 is 5.97 Å². The third kappa shape index (κ3) is 4.54. The minimum Gasteiger partial charge on any atom is -0.481 e. The van der Waals surface area contributed by atoms with Crippen LogP contribution in [0.2, 0.25) is 0 Å². The topological polar surface area (TPSA) is 86.7 Å². The lowest BCUT2D eigenvalue weighted by Gasteiger charge is -2.35. The first kappa shape index (κ1) is 23.5. The fourth-order valence-electron chi connectivity index (χ4n) is 5.22. The minimum atomic E-state index is -1.03. The van der Waals surface area contributed by atoms with Crippen LogP contribution < -0.4 is 10.2 Å². The van der Waals surface area contributed by atoms with E-state index in [9.17, 15) is 19.5 Å². The molecule has 6 nitrogen and oxygen atoms in total. The van der Waals surface area contributed by atoms with Crippen LogP contribution in [-0.2, 0) is 14.4 Å². The molecule has 1 amide bonds. The molecule has 6 heteroatoms. The van der Waals surface area contributed by atoms with Crippen LogP contribution in [0.1, 0.15) is 54.3 Å². The van der Waals surface area contributed by atoms with E-state index in [0.29, 0.717) is 24.1 Å². The lowest BCUT2D eigenvalue weighted by Crippen LogP contribution is -2.38. The molecule has 0 fully saturated rings. The highest BCUT2D eigenvalue weighted by atomic mass is 16.4. The monoisotopic (exact) mass is 480 g/mol. The van der Waals surface area contributed by atoms with Crippen molar-refractivity contribution < 1.29 is 19.5 Å². The Kier molecular flexibility index (Phi) is 6.42. The molecule has 0 aromatic heterocycles. The van der Waals surface area contributed by atoms with E-state index < -0.39 is 12.0 Å². The Morgan fingerprint density at radius 3 is 2.31 bits per heavy atom. The number of hydrogen-bond donors (Lipinski definition) is 2. The highest BCUT2D eigenvalue weighted by Gasteiger charge is 2.41. The Labute approximate surface area is 210 Å². The standard InChI is InChI=1S/C30H28N2O4/c1-19-11-13-21(14-12-19)30-29-24(17-22(18-26(29)33)20-7-3-2-4-8-20)31-23-9-5-6-10-25(23)32(30)27(34)15-16-28(35)36/h2-14,22,30-31H,15-18H2,1H3,(H,35,36)/t22-,30-/m0/s1. The third-order valence-electron chi connectivity index (χ3n) is 6.97. The molecule has 182 valence electrons. The summed E-state index contributed by atoms with van der Waals surface area (Å²) in [6.07, 6.45) is 0.552. The smallest absolute Gasteiger partial charge is 0.303 e. The van der Waals surface area contributed by atoms with E-state index in [-0.39, 0.29) is 30.4 Å². The molecule has 1 aliphatic carbocycles. The van der Waals surface area contributed by atoms with Gasteiger partial charge < -0.3 is 10.4 Å². The first-order chi connectivity index (χ1) is 17.4. The number of hydrogen-bond acceptors (Lipinski definition) is 4. The van der Waals surface area contributed by atoms with Gasteiger partial charge in [0, 0.05) is 24.1 Å². The predicted molar refractivity (Wildman–Crippen MR) is 139 cm³/mol. The van der Waals surface area contributed by atoms with E-state index in [1.807, 2.05) is 85.8 Å². The fourth-order valence-corrected chi connectivity index (χ4v) is 5.22. The van der Waals surface area contributed by atoms with Crippen LogP contribution >= 0.6 is 0 Å². The van der Waals surface area contributed by atoms with Gasteiger partial charge in [0.25, 0.3) is 0 Å². The summed E-state index contributed by atoms with van der Waals surface area (Å²) in [7, 11) is 0. The van der Waals surface area contributed by atoms with Crippen LogP contribution in [-0.4, -0.2) is 22.8 Å². The van der Waals surface area contributed by atoms with Gasteiger partial charge in [-0.1, -0.05) is 72.3 Å². The second-order valence-corrected chi connectivity index (χ2v) is 9.44. The van der Waals surface area contributed by atoms with E-state index >= 15 is 0 Å². The summed E-state index contributed by atoms with van der Waals surface area (Å²) in [5.74, 6) is -1.34. The first-order valence-electron chi connectivity index (χ1n) is 12.2. The van der Waals surface area contributed by atoms with Crippen molar-refractivity contribution in [3.63, 3.8) is 0 Å². The molecule has 0 saturated heterocycles. The maximum absolute atomic E-state index is 13.9. The number of para-hydroxylation sites is 2. The summed E-state index contributed by atoms with van der Waals surface area (Å²) in [5, 5.41) is 12.7. The molecule has 3 aromatic carbocycles. The number of anilines is 2. The number of carboxylic acids is 1. The van der Waals surface area contributed by atoms with E-state index in [1.165, 1.54) is 0 Å². The number of nitrogens with zero attached hydrogens (tertiary/aromatic N) is 1. The average molecular weight is 481 g/mol. The number of carbonyl (C=O) groups excluding carboxylic acids is 2. The summed E-state index contributed by atoms with van der Waals surface area (Å²) in [6, 6.07) is 24.7. The Morgan fingerprint density at radius 2 is 1.58 bits per heavy atom. The summed E-state index contributed by atoms with van der Waals surface area (Å²) in [5.41, 5.74) is 5.75. The number of aliphatic carboxylic acids is 1. The molecule has 0 radical (unpaired) electrons. The number of Topliss-reactive ketones (excluding diaryl/α,β-unsaturated/α-hetero) is 1. The Hall–Kier alpha value is -4.19. The minimum absolute atomic E-state index is 0.00739. The lowest BCUT2D eigenvalue weighted by molar-refractivity contribution is -0.138. The van der Waals surface area contributed by atoms with Gasteiger partial charge in [-0.3, -0.25) is 19.3 Å². The van der Waals surface area contributed by atoms with Gasteiger partial charge in [0.2, 0.25) is 5.91 Å². The Balaban J connectivity index is 1.68. The summed E-state index contributed by atoms with van der Waals surface area (Å²) in [6.45, 7) is 1.99. The molecule has 2 atom stereocenters. The van der Waals surface area contributed by atoms with E-state index in [4.69, 9.17) is 0 Å². The molecule has 2 aliphatic rings. The first-order valence-corrected chi connectivity index (χ1v) is 12.2. The molecular weight excluding hydrogens is 452 g/mol. The SMILES string of the molecule is Cc1ccc([C@H]2C3=C(C[C@H](c4ccccc4)CC3=O)Nc3ccccc3N2C(=O)CCC(=O)O)cc1. The molecule has 3 aromatic rings. The van der Waals surface area contributed by atoms with Gasteiger partial charge in [-0.15, -0.1) is 0 Å². The van der Waals surface area contributed by atoms with Crippen molar-refractivity contribution in [3.8, 4) is 0 Å². The van der Waals surface area contributed by atoms with Crippen LogP contribution in [0.4, 0.5) is 11.4 Å². The van der Waals surface area contributed by atoms with Gasteiger partial charge in [-0.25, -0.2) is 0 Å². The van der Waals surface area contributed by atoms with Crippen molar-refractivity contribution in [1.82, 2.24) is 0 Å². The number of ketones is 1. The number of nitrogens with one attached hydrogen (secondary N) is 1. The second-order valence-electron chi connectivity index (χ2n) is 9.44. The highest BCUT2D eigenvalue weighted by molar-refractivity contribution is 6.06. The summed E-state index contributed by atoms with van der Waals surface area (Å²) >= 11 is 0. The third-order valence-corrected chi connectivity index (χ3v) is 6.97. The van der Waals surface area contributed by atoms with Crippen LogP contribution in [0.15, 0.2) is 90.1 Å². The number of aryl methyl sites for hydroxylation is 1. The number of rotatable bonds is 5. The zero-order valence-electron chi connectivity index (χ0n) is 20.1. The van der Waals surface area contributed by atoms with E-state index in [1.54, 1.807) is 4.90 Å². The molecule has 1 aliphatic heterocycles. The van der Waals surface area contributed by atoms with Gasteiger partial charge in [-0.2, -0.15) is 0 Å². The quantitative estimate of drug-likeness (QED) is 0.485. The zero-order chi connectivity index (χ0) is 25.2. The Morgan fingerprint density at radius 1 is 0.889 bits per heavy atom. The summed E-state index contributed by atoms with van der Waals surface area (Å²) in [4.78, 5) is 40.4. The maximum Gasteiger partial charge on any atom is 0.303 e. The normalized spacial score (nSPS) is 19.1. The van der Waals surface area contributed by atoms with Crippen molar-refractivity contribution in [2.24, 2.45) is 0 Å². The van der Waals surface area contributed by atoms with Crippen LogP contribution in [0.5, 0.6) is 0 Å². The van der Waals surface area contributed by atoms with Crippen molar-refractivity contribution in [2.45, 2.75) is 44.6 Å². The second kappa shape index (κ2) is 9.82. The lowest BCUT2D eigenvalue weighted by atomic mass is 9.78. The summed E-state index contributed by atoms with van der Waals surface area (Å²) < 4.78 is 0. The van der Waals surface area contributed by atoms with Crippen LogP contribution in [0.3, 0.4) is 0 Å². The fraction of sp³-hybridized carbons (Fsp3) is 0.233. The molecular formula is C30H28N2O4. The van der Waals surface area contributed by atoms with Gasteiger partial charge in [0.15, 0.2) is 5.78 Å². The van der Waals surface area contributed by atoms with Crippen molar-refractivity contribution >= 4 is 29.0 Å². The van der Waals surface area contributed by atoms with Crippen molar-refractivity contribution in [3.05, 3.63) is 107 Å². The number of benzene rings is 3. The zero-order valence-corrected chi connectivity index (χ0v) is 20.1. The molecule has 36 heavy (non-hydrogen) atoms. The maximum atomic E-state index is 13.9. The van der Waals surface area contributed by atoms with Crippen molar-refractivity contribution in [1.29, 1.82) is 0 Å². The van der Waals surface area contributed by atoms with E-state index in [0.717, 1.165) is 28.1 Å². The Bertz CT molecular complexity index is 1340.